The van der Waals surface area contributed by atoms with Crippen LogP contribution in [0.2, 0.25) is 0 Å². The van der Waals surface area contributed by atoms with Crippen molar-refractivity contribution >= 4 is 11.8 Å². The molecule has 1 fully saturated rings. The van der Waals surface area contributed by atoms with Gasteiger partial charge in [-0.1, -0.05) is 36.4 Å². The average molecular weight is 382 g/mol. The van der Waals surface area contributed by atoms with Crippen LogP contribution in [0.1, 0.15) is 17.2 Å². The molecular formula is C21H26N4O3. The highest BCUT2D eigenvalue weighted by Crippen LogP contribution is 2.20. The lowest BCUT2D eigenvalue weighted by Gasteiger charge is -2.34. The molecule has 2 heterocycles. The summed E-state index contributed by atoms with van der Waals surface area (Å²) in [7, 11) is 0. The molecule has 148 valence electrons. The van der Waals surface area contributed by atoms with Crippen LogP contribution in [0.15, 0.2) is 54.9 Å². The Hall–Kier alpha value is -2.77. The number of hydrogen-bond acceptors (Lipinski definition) is 5. The Morgan fingerprint density at radius 1 is 1.04 bits per heavy atom. The predicted octanol–water partition coefficient (Wildman–Crippen LogP) is 0.930. The van der Waals surface area contributed by atoms with E-state index in [1.807, 2.05) is 42.5 Å². The molecule has 7 nitrogen and oxygen atoms in total. The van der Waals surface area contributed by atoms with Crippen molar-refractivity contribution in [2.45, 2.75) is 12.5 Å². The van der Waals surface area contributed by atoms with Crippen LogP contribution in [0.4, 0.5) is 0 Å². The first-order chi connectivity index (χ1) is 13.7. The lowest BCUT2D eigenvalue weighted by Crippen LogP contribution is -2.47. The number of carbonyl (C=O) groups excluding carboxylic acids is 2. The molecule has 7 heteroatoms. The van der Waals surface area contributed by atoms with Crippen molar-refractivity contribution in [3.63, 3.8) is 0 Å². The first kappa shape index (κ1) is 20.0. The molecule has 0 aliphatic carbocycles. The van der Waals surface area contributed by atoms with Gasteiger partial charge >= 0.3 is 11.8 Å². The summed E-state index contributed by atoms with van der Waals surface area (Å²) in [5.74, 6) is -1.22. The molecule has 28 heavy (non-hydrogen) atoms. The van der Waals surface area contributed by atoms with Gasteiger partial charge in [-0.2, -0.15) is 0 Å². The molecule has 1 aliphatic heterocycles. The van der Waals surface area contributed by atoms with Gasteiger partial charge in [-0.05, 0) is 23.6 Å². The summed E-state index contributed by atoms with van der Waals surface area (Å²) >= 11 is 0. The second-order valence-electron chi connectivity index (χ2n) is 6.65. The first-order valence-corrected chi connectivity index (χ1v) is 9.55. The lowest BCUT2D eigenvalue weighted by molar-refractivity contribution is -0.139. The van der Waals surface area contributed by atoms with E-state index in [0.717, 1.165) is 24.2 Å². The summed E-state index contributed by atoms with van der Waals surface area (Å²) in [6.07, 6.45) is 4.21. The second kappa shape index (κ2) is 10.5. The van der Waals surface area contributed by atoms with Gasteiger partial charge in [0, 0.05) is 38.6 Å². The van der Waals surface area contributed by atoms with E-state index in [9.17, 15) is 9.59 Å². The average Bonchev–Trinajstić information content (AvgIpc) is 2.76. The summed E-state index contributed by atoms with van der Waals surface area (Å²) in [5, 5.41) is 5.44. The number of amides is 2. The van der Waals surface area contributed by atoms with Crippen molar-refractivity contribution in [3.8, 4) is 0 Å². The smallest absolute Gasteiger partial charge is 0.309 e. The summed E-state index contributed by atoms with van der Waals surface area (Å²) in [5.41, 5.74) is 2.13. The Morgan fingerprint density at radius 2 is 1.79 bits per heavy atom. The maximum absolute atomic E-state index is 12.2. The number of nitrogens with one attached hydrogen (secondary N) is 2. The molecule has 1 aromatic heterocycles. The molecule has 0 spiro atoms. The van der Waals surface area contributed by atoms with Crippen LogP contribution in [0.5, 0.6) is 0 Å². The van der Waals surface area contributed by atoms with Gasteiger partial charge in [0.25, 0.3) is 0 Å². The van der Waals surface area contributed by atoms with Crippen molar-refractivity contribution in [1.82, 2.24) is 20.5 Å². The van der Waals surface area contributed by atoms with E-state index >= 15 is 0 Å². The Balaban J connectivity index is 1.50. The number of rotatable bonds is 7. The van der Waals surface area contributed by atoms with Gasteiger partial charge in [-0.3, -0.25) is 19.5 Å². The van der Waals surface area contributed by atoms with Gasteiger partial charge in [-0.15, -0.1) is 0 Å². The molecule has 0 unspecified atom stereocenters. The molecule has 0 bridgehead atoms. The van der Waals surface area contributed by atoms with Crippen LogP contribution in [0.25, 0.3) is 0 Å². The summed E-state index contributed by atoms with van der Waals surface area (Å²) in [4.78, 5) is 30.7. The zero-order valence-corrected chi connectivity index (χ0v) is 15.8. The topological polar surface area (TPSA) is 83.6 Å². The number of pyridine rings is 1. The van der Waals surface area contributed by atoms with Crippen molar-refractivity contribution in [3.05, 3.63) is 66.0 Å². The molecule has 1 saturated heterocycles. The van der Waals surface area contributed by atoms with Crippen LogP contribution in [-0.4, -0.2) is 61.1 Å². The Kier molecular flexibility index (Phi) is 7.52. The van der Waals surface area contributed by atoms with E-state index < -0.39 is 11.8 Å². The van der Waals surface area contributed by atoms with Crippen LogP contribution < -0.4 is 10.6 Å². The first-order valence-electron chi connectivity index (χ1n) is 9.55. The van der Waals surface area contributed by atoms with Crippen LogP contribution >= 0.6 is 0 Å². The summed E-state index contributed by atoms with van der Waals surface area (Å²) < 4.78 is 5.42. The fourth-order valence-corrected chi connectivity index (χ4v) is 3.23. The van der Waals surface area contributed by atoms with E-state index in [1.54, 1.807) is 12.4 Å². The minimum atomic E-state index is -0.616. The van der Waals surface area contributed by atoms with Gasteiger partial charge in [0.2, 0.25) is 0 Å². The Bertz CT molecular complexity index is 749. The molecule has 2 amide bonds. The second-order valence-corrected chi connectivity index (χ2v) is 6.65. The van der Waals surface area contributed by atoms with Crippen molar-refractivity contribution in [2.24, 2.45) is 0 Å². The van der Waals surface area contributed by atoms with Crippen molar-refractivity contribution in [1.29, 1.82) is 0 Å². The largest absolute Gasteiger partial charge is 0.379 e. The normalized spacial score (nSPS) is 15.6. The highest BCUT2D eigenvalue weighted by molar-refractivity contribution is 6.35. The fraction of sp³-hybridized carbons (Fsp3) is 0.381. The minimum Gasteiger partial charge on any atom is -0.379 e. The van der Waals surface area contributed by atoms with Crippen LogP contribution in [-0.2, 0) is 20.7 Å². The number of morpholine rings is 1. The fourth-order valence-electron chi connectivity index (χ4n) is 3.23. The van der Waals surface area contributed by atoms with E-state index in [1.165, 1.54) is 0 Å². The number of carbonyl (C=O) groups is 2. The molecule has 3 rings (SSSR count). The molecule has 0 saturated carbocycles. The third-order valence-electron chi connectivity index (χ3n) is 4.76. The van der Waals surface area contributed by atoms with Crippen LogP contribution in [0, 0.1) is 0 Å². The standard InChI is InChI=1S/C21H26N4O3/c26-20(23-10-8-17-5-2-1-3-6-17)21(27)24-16-19(18-7-4-9-22-15-18)25-11-13-28-14-12-25/h1-7,9,15,19H,8,10-14,16H2,(H,23,26)(H,24,27)/t19-/m0/s1. The maximum atomic E-state index is 12.2. The van der Waals surface area contributed by atoms with E-state index in [-0.39, 0.29) is 6.04 Å². The Labute approximate surface area is 165 Å². The highest BCUT2D eigenvalue weighted by Gasteiger charge is 2.24. The molecular weight excluding hydrogens is 356 g/mol. The van der Waals surface area contributed by atoms with Gasteiger partial charge in [0.15, 0.2) is 0 Å². The zero-order chi connectivity index (χ0) is 19.6. The molecule has 0 radical (unpaired) electrons. The molecule has 1 aliphatic rings. The number of nitrogens with zero attached hydrogens (tertiary/aromatic N) is 2. The maximum Gasteiger partial charge on any atom is 0.309 e. The van der Waals surface area contributed by atoms with E-state index in [4.69, 9.17) is 4.74 Å². The molecule has 2 N–H and O–H groups in total. The SMILES string of the molecule is O=C(NCCc1ccccc1)C(=O)NC[C@@H](c1cccnc1)N1CCOCC1. The van der Waals surface area contributed by atoms with E-state index in [2.05, 4.69) is 20.5 Å². The quantitative estimate of drug-likeness (QED) is 0.696. The van der Waals surface area contributed by atoms with Gasteiger partial charge in [-0.25, -0.2) is 0 Å². The van der Waals surface area contributed by atoms with Crippen molar-refractivity contribution in [2.75, 3.05) is 39.4 Å². The monoisotopic (exact) mass is 382 g/mol. The number of hydrogen-bond donors (Lipinski definition) is 2. The van der Waals surface area contributed by atoms with Crippen molar-refractivity contribution < 1.29 is 14.3 Å². The van der Waals surface area contributed by atoms with Gasteiger partial charge in [0.1, 0.15) is 0 Å². The minimum absolute atomic E-state index is 0.0429. The van der Waals surface area contributed by atoms with Gasteiger partial charge in [0.05, 0.1) is 19.3 Å². The summed E-state index contributed by atoms with van der Waals surface area (Å²) in [6.45, 7) is 3.63. The molecule has 2 aromatic rings. The number of aromatic nitrogens is 1. The zero-order valence-electron chi connectivity index (χ0n) is 15.8. The molecule has 1 aromatic carbocycles. The van der Waals surface area contributed by atoms with Crippen LogP contribution in [0.3, 0.4) is 0 Å². The number of benzene rings is 1. The lowest BCUT2D eigenvalue weighted by atomic mass is 10.1. The highest BCUT2D eigenvalue weighted by atomic mass is 16.5. The van der Waals surface area contributed by atoms with Gasteiger partial charge < -0.3 is 15.4 Å². The summed E-state index contributed by atoms with van der Waals surface area (Å²) in [6, 6.07) is 13.7. The Morgan fingerprint density at radius 3 is 2.50 bits per heavy atom. The number of ether oxygens (including phenoxy) is 1. The van der Waals surface area contributed by atoms with E-state index in [0.29, 0.717) is 32.7 Å². The third-order valence-corrected chi connectivity index (χ3v) is 4.76. The third kappa shape index (κ3) is 5.87. The molecule has 1 atom stereocenters. The predicted molar refractivity (Wildman–Crippen MR) is 106 cm³/mol.